The minimum atomic E-state index is -0.504. The van der Waals surface area contributed by atoms with Gasteiger partial charge in [0, 0.05) is 12.1 Å². The lowest BCUT2D eigenvalue weighted by molar-refractivity contribution is 0.152. The molecule has 1 amide bonds. The molecule has 104 valence electrons. The average Bonchev–Trinajstić information content (AvgIpc) is 2.99. The van der Waals surface area contributed by atoms with Crippen LogP contribution in [-0.2, 0) is 6.42 Å². The maximum Gasteiger partial charge on any atom is 0.341 e. The van der Waals surface area contributed by atoms with Crippen molar-refractivity contribution in [2.24, 2.45) is 5.73 Å². The summed E-state index contributed by atoms with van der Waals surface area (Å²) in [5.41, 5.74) is 7.65. The van der Waals surface area contributed by atoms with Crippen LogP contribution in [0.1, 0.15) is 43.5 Å². The second kappa shape index (κ2) is 4.85. The monoisotopic (exact) mass is 263 g/mol. The predicted molar refractivity (Wildman–Crippen MR) is 73.2 cm³/mol. The number of primary amides is 1. The Kier molecular flexibility index (Phi) is 3.18. The van der Waals surface area contributed by atoms with Gasteiger partial charge in [-0.2, -0.15) is 9.78 Å². The van der Waals surface area contributed by atoms with Gasteiger partial charge in [0.15, 0.2) is 0 Å². The van der Waals surface area contributed by atoms with Crippen molar-refractivity contribution in [1.29, 1.82) is 0 Å². The lowest BCUT2D eigenvalue weighted by Crippen LogP contribution is -2.34. The Hall–Kier alpha value is -1.56. The summed E-state index contributed by atoms with van der Waals surface area (Å²) in [6.07, 6.45) is 4.54. The van der Waals surface area contributed by atoms with Crippen molar-refractivity contribution in [2.45, 2.75) is 38.6 Å². The number of likely N-dealkylation sites (tertiary alicyclic amines) is 1. The molecule has 3 heterocycles. The number of piperidine rings is 1. The minimum Gasteiger partial charge on any atom is -0.369 e. The topological polar surface area (TPSA) is 76.2 Å². The van der Waals surface area contributed by atoms with Gasteiger partial charge in [-0.15, -0.1) is 0 Å². The number of amides is 1. The number of hydrogen-bond donors (Lipinski definition) is 2. The van der Waals surface area contributed by atoms with E-state index in [-0.39, 0.29) is 0 Å². The zero-order valence-corrected chi connectivity index (χ0v) is 11.4. The first kappa shape index (κ1) is 12.5. The fraction of sp³-hybridized carbons (Fsp3) is 0.692. The van der Waals surface area contributed by atoms with Crippen molar-refractivity contribution in [2.75, 3.05) is 25.0 Å². The highest BCUT2D eigenvalue weighted by Crippen LogP contribution is 2.36. The number of fused-ring (bicyclic) bond motifs is 1. The molecule has 0 aliphatic carbocycles. The number of hydrogen-bond acceptors (Lipinski definition) is 4. The van der Waals surface area contributed by atoms with Crippen LogP contribution in [0.25, 0.3) is 0 Å². The zero-order chi connectivity index (χ0) is 13.4. The quantitative estimate of drug-likeness (QED) is 0.844. The number of anilines is 1. The molecule has 0 bridgehead atoms. The maximum atomic E-state index is 11.5. The molecule has 3 N–H and O–H groups in total. The lowest BCUT2D eigenvalue weighted by atomic mass is 9.96. The molecular weight excluding hydrogens is 242 g/mol. The Bertz CT molecular complexity index is 495. The van der Waals surface area contributed by atoms with Gasteiger partial charge >= 0.3 is 6.03 Å². The molecule has 3 rings (SSSR count). The Morgan fingerprint density at radius 2 is 2.37 bits per heavy atom. The van der Waals surface area contributed by atoms with Gasteiger partial charge in [-0.3, -0.25) is 4.90 Å². The molecule has 2 aliphatic heterocycles. The minimum absolute atomic E-state index is 0.341. The van der Waals surface area contributed by atoms with E-state index < -0.39 is 6.03 Å². The molecule has 6 heteroatoms. The lowest BCUT2D eigenvalue weighted by Gasteiger charge is -2.34. The summed E-state index contributed by atoms with van der Waals surface area (Å²) < 4.78 is 1.33. The molecule has 2 aliphatic rings. The van der Waals surface area contributed by atoms with Crippen LogP contribution in [0.15, 0.2) is 0 Å². The summed E-state index contributed by atoms with van der Waals surface area (Å²) in [6.45, 7) is 5.19. The van der Waals surface area contributed by atoms with Crippen molar-refractivity contribution in [3.8, 4) is 0 Å². The molecule has 0 aromatic carbocycles. The van der Waals surface area contributed by atoms with Gasteiger partial charge in [-0.25, -0.2) is 4.79 Å². The van der Waals surface area contributed by atoms with Crippen LogP contribution in [0.3, 0.4) is 0 Å². The second-order valence-corrected chi connectivity index (χ2v) is 5.28. The van der Waals surface area contributed by atoms with Crippen molar-refractivity contribution < 1.29 is 4.79 Å². The summed E-state index contributed by atoms with van der Waals surface area (Å²) in [7, 11) is 0. The number of nitrogens with two attached hydrogens (primary N) is 1. The first-order valence-corrected chi connectivity index (χ1v) is 7.12. The molecule has 1 fully saturated rings. The van der Waals surface area contributed by atoms with Crippen LogP contribution in [0.4, 0.5) is 10.6 Å². The third kappa shape index (κ3) is 2.00. The summed E-state index contributed by atoms with van der Waals surface area (Å²) in [6, 6.07) is -0.163. The Morgan fingerprint density at radius 1 is 1.53 bits per heavy atom. The van der Waals surface area contributed by atoms with Crippen LogP contribution in [0.2, 0.25) is 0 Å². The van der Waals surface area contributed by atoms with E-state index in [9.17, 15) is 4.79 Å². The predicted octanol–water partition coefficient (Wildman–Crippen LogP) is 1.32. The second-order valence-electron chi connectivity index (χ2n) is 5.28. The molecule has 6 nitrogen and oxygen atoms in total. The third-order valence-electron chi connectivity index (χ3n) is 4.23. The van der Waals surface area contributed by atoms with Gasteiger partial charge in [0.05, 0.1) is 11.7 Å². The first-order chi connectivity index (χ1) is 9.22. The molecule has 0 spiro atoms. The summed E-state index contributed by atoms with van der Waals surface area (Å²) in [5.74, 6) is 0.809. The van der Waals surface area contributed by atoms with Gasteiger partial charge in [-0.05, 0) is 32.4 Å². The smallest absolute Gasteiger partial charge is 0.341 e. The number of nitrogens with zero attached hydrogens (tertiary/aromatic N) is 3. The highest BCUT2D eigenvalue weighted by Gasteiger charge is 2.32. The van der Waals surface area contributed by atoms with Crippen molar-refractivity contribution >= 4 is 11.8 Å². The van der Waals surface area contributed by atoms with E-state index in [1.807, 2.05) is 0 Å². The molecular formula is C13H21N5O. The van der Waals surface area contributed by atoms with Gasteiger partial charge < -0.3 is 11.1 Å². The third-order valence-corrected chi connectivity index (χ3v) is 4.23. The summed E-state index contributed by atoms with van der Waals surface area (Å²) in [4.78, 5) is 13.9. The Morgan fingerprint density at radius 3 is 3.11 bits per heavy atom. The molecule has 0 saturated carbocycles. The summed E-state index contributed by atoms with van der Waals surface area (Å²) >= 11 is 0. The zero-order valence-electron chi connectivity index (χ0n) is 11.4. The van der Waals surface area contributed by atoms with Gasteiger partial charge in [-0.1, -0.05) is 13.3 Å². The molecule has 1 unspecified atom stereocenters. The molecule has 1 aromatic heterocycles. The summed E-state index contributed by atoms with van der Waals surface area (Å²) in [5, 5.41) is 7.71. The van der Waals surface area contributed by atoms with E-state index in [0.717, 1.165) is 44.0 Å². The van der Waals surface area contributed by atoms with Crippen LogP contribution in [0, 0.1) is 0 Å². The van der Waals surface area contributed by atoms with Gasteiger partial charge in [0.1, 0.15) is 5.82 Å². The van der Waals surface area contributed by atoms with Crippen LogP contribution in [-0.4, -0.2) is 40.3 Å². The van der Waals surface area contributed by atoms with Crippen LogP contribution in [0.5, 0.6) is 0 Å². The van der Waals surface area contributed by atoms with Gasteiger partial charge in [0.25, 0.3) is 0 Å². The fourth-order valence-electron chi connectivity index (χ4n) is 3.31. The molecule has 1 aromatic rings. The largest absolute Gasteiger partial charge is 0.369 e. The highest BCUT2D eigenvalue weighted by atomic mass is 16.2. The Balaban J connectivity index is 2.00. The average molecular weight is 263 g/mol. The highest BCUT2D eigenvalue weighted by molar-refractivity contribution is 5.79. The standard InChI is InChI=1S/C13H21N5O/c1-2-17-8-4-3-5-10(17)11-9-6-7-15-12(9)18(16-11)13(14)19/h10,15H,2-8H2,1H3,(H2,14,19). The van der Waals surface area contributed by atoms with Crippen molar-refractivity contribution in [3.05, 3.63) is 11.3 Å². The number of nitrogens with one attached hydrogen (secondary N) is 1. The fourth-order valence-corrected chi connectivity index (χ4v) is 3.31. The van der Waals surface area contributed by atoms with E-state index in [2.05, 4.69) is 22.2 Å². The first-order valence-electron chi connectivity index (χ1n) is 7.12. The van der Waals surface area contributed by atoms with Crippen LogP contribution >= 0.6 is 0 Å². The number of carbonyl (C=O) groups is 1. The normalized spacial score (nSPS) is 23.1. The number of aromatic nitrogens is 2. The molecule has 1 atom stereocenters. The number of rotatable bonds is 2. The van der Waals surface area contributed by atoms with Crippen molar-refractivity contribution in [1.82, 2.24) is 14.7 Å². The van der Waals surface area contributed by atoms with E-state index in [1.165, 1.54) is 23.1 Å². The van der Waals surface area contributed by atoms with Gasteiger partial charge in [0.2, 0.25) is 0 Å². The maximum absolute atomic E-state index is 11.5. The van der Waals surface area contributed by atoms with E-state index in [1.54, 1.807) is 0 Å². The molecule has 0 radical (unpaired) electrons. The SMILES string of the molecule is CCN1CCCCC1c1nn(C(N)=O)c2c1CCN2. The van der Waals surface area contributed by atoms with Crippen LogP contribution < -0.4 is 11.1 Å². The molecule has 19 heavy (non-hydrogen) atoms. The van der Waals surface area contributed by atoms with E-state index >= 15 is 0 Å². The van der Waals surface area contributed by atoms with Crippen molar-refractivity contribution in [3.63, 3.8) is 0 Å². The van der Waals surface area contributed by atoms with E-state index in [4.69, 9.17) is 5.73 Å². The number of carbonyl (C=O) groups excluding carboxylic acids is 1. The van der Waals surface area contributed by atoms with E-state index in [0.29, 0.717) is 6.04 Å². The molecule has 1 saturated heterocycles. The Labute approximate surface area is 112 Å².